The SMILES string of the molecule is CCOc1cc(/C=C2/SC(=O)N(CC(=O)Nc3cccc(SC)c3)C2=O)ccc1OC(C)C. The van der Waals surface area contributed by atoms with Crippen molar-refractivity contribution >= 4 is 52.3 Å². The molecule has 1 saturated heterocycles. The first-order chi connectivity index (χ1) is 15.8. The molecule has 2 aromatic rings. The zero-order valence-electron chi connectivity index (χ0n) is 18.9. The minimum absolute atomic E-state index is 0.0131. The lowest BCUT2D eigenvalue weighted by molar-refractivity contribution is -0.127. The number of ether oxygens (including phenoxy) is 2. The molecule has 0 bridgehead atoms. The Labute approximate surface area is 201 Å². The van der Waals surface area contributed by atoms with Crippen molar-refractivity contribution in [2.45, 2.75) is 31.8 Å². The van der Waals surface area contributed by atoms with Crippen molar-refractivity contribution < 1.29 is 23.9 Å². The molecule has 0 aromatic heterocycles. The first kappa shape index (κ1) is 24.7. The molecular formula is C24H26N2O5S2. The number of thioether (sulfide) groups is 2. The van der Waals surface area contributed by atoms with Gasteiger partial charge in [0.1, 0.15) is 6.54 Å². The van der Waals surface area contributed by atoms with Gasteiger partial charge in [-0.25, -0.2) is 0 Å². The van der Waals surface area contributed by atoms with Crippen molar-refractivity contribution in [3.8, 4) is 11.5 Å². The molecule has 0 radical (unpaired) electrons. The molecule has 1 N–H and O–H groups in total. The van der Waals surface area contributed by atoms with Gasteiger partial charge in [-0.15, -0.1) is 11.8 Å². The highest BCUT2D eigenvalue weighted by molar-refractivity contribution is 8.18. The van der Waals surface area contributed by atoms with Crippen molar-refractivity contribution in [1.29, 1.82) is 0 Å². The second kappa shape index (κ2) is 11.3. The van der Waals surface area contributed by atoms with Crippen molar-refractivity contribution in [1.82, 2.24) is 4.90 Å². The molecule has 3 amide bonds. The summed E-state index contributed by atoms with van der Waals surface area (Å²) in [5, 5.41) is 2.25. The van der Waals surface area contributed by atoms with Gasteiger partial charge < -0.3 is 14.8 Å². The predicted molar refractivity (Wildman–Crippen MR) is 133 cm³/mol. The fourth-order valence-electron chi connectivity index (χ4n) is 3.07. The molecule has 1 fully saturated rings. The molecule has 3 rings (SSSR count). The molecule has 174 valence electrons. The second-order valence-electron chi connectivity index (χ2n) is 7.35. The molecule has 7 nitrogen and oxygen atoms in total. The van der Waals surface area contributed by atoms with E-state index < -0.39 is 17.1 Å². The first-order valence-corrected chi connectivity index (χ1v) is 12.5. The van der Waals surface area contributed by atoms with E-state index in [0.717, 1.165) is 21.6 Å². The molecule has 0 saturated carbocycles. The lowest BCUT2D eigenvalue weighted by Crippen LogP contribution is -2.36. The van der Waals surface area contributed by atoms with Crippen LogP contribution in [0, 0.1) is 0 Å². The van der Waals surface area contributed by atoms with Gasteiger partial charge in [0.05, 0.1) is 17.6 Å². The maximum absolute atomic E-state index is 12.8. The van der Waals surface area contributed by atoms with E-state index in [1.807, 2.05) is 45.2 Å². The van der Waals surface area contributed by atoms with Crippen LogP contribution in [0.5, 0.6) is 11.5 Å². The number of rotatable bonds is 9. The van der Waals surface area contributed by atoms with Crippen LogP contribution in [0.4, 0.5) is 10.5 Å². The van der Waals surface area contributed by atoms with Crippen LogP contribution in [-0.2, 0) is 9.59 Å². The number of nitrogens with one attached hydrogen (secondary N) is 1. The maximum Gasteiger partial charge on any atom is 0.294 e. The second-order valence-corrected chi connectivity index (χ2v) is 9.23. The van der Waals surface area contributed by atoms with Crippen LogP contribution >= 0.6 is 23.5 Å². The number of anilines is 1. The van der Waals surface area contributed by atoms with Crippen molar-refractivity contribution in [3.63, 3.8) is 0 Å². The summed E-state index contributed by atoms with van der Waals surface area (Å²) in [6.07, 6.45) is 3.54. The summed E-state index contributed by atoms with van der Waals surface area (Å²) < 4.78 is 11.4. The van der Waals surface area contributed by atoms with E-state index in [1.165, 1.54) is 0 Å². The molecule has 0 spiro atoms. The number of benzene rings is 2. The van der Waals surface area contributed by atoms with E-state index in [2.05, 4.69) is 5.32 Å². The number of carbonyl (C=O) groups is 3. The number of carbonyl (C=O) groups excluding carboxylic acids is 3. The summed E-state index contributed by atoms with van der Waals surface area (Å²) in [7, 11) is 0. The van der Waals surface area contributed by atoms with E-state index in [4.69, 9.17) is 9.47 Å². The largest absolute Gasteiger partial charge is 0.490 e. The van der Waals surface area contributed by atoms with Crippen molar-refractivity contribution in [2.24, 2.45) is 0 Å². The molecule has 0 atom stereocenters. The third kappa shape index (κ3) is 6.55. The zero-order chi connectivity index (χ0) is 24.0. The number of amides is 3. The van der Waals surface area contributed by atoms with Gasteiger partial charge in [0.25, 0.3) is 11.1 Å². The molecule has 0 aliphatic carbocycles. The van der Waals surface area contributed by atoms with Gasteiger partial charge in [0, 0.05) is 10.6 Å². The van der Waals surface area contributed by atoms with Crippen LogP contribution in [0.1, 0.15) is 26.3 Å². The smallest absolute Gasteiger partial charge is 0.294 e. The Morgan fingerprint density at radius 3 is 2.67 bits per heavy atom. The fourth-order valence-corrected chi connectivity index (χ4v) is 4.36. The monoisotopic (exact) mass is 486 g/mol. The maximum atomic E-state index is 12.8. The highest BCUT2D eigenvalue weighted by Gasteiger charge is 2.36. The lowest BCUT2D eigenvalue weighted by atomic mass is 10.1. The van der Waals surface area contributed by atoms with Crippen molar-refractivity contribution in [2.75, 3.05) is 24.7 Å². The quantitative estimate of drug-likeness (QED) is 0.382. The van der Waals surface area contributed by atoms with Crippen LogP contribution in [0.3, 0.4) is 0 Å². The van der Waals surface area contributed by atoms with Gasteiger partial charge in [-0.3, -0.25) is 19.3 Å². The Kier molecular flexibility index (Phi) is 8.46. The van der Waals surface area contributed by atoms with Gasteiger partial charge in [0.2, 0.25) is 5.91 Å². The van der Waals surface area contributed by atoms with Crippen LogP contribution in [0.2, 0.25) is 0 Å². The average Bonchev–Trinajstić information content (AvgIpc) is 3.02. The van der Waals surface area contributed by atoms with Gasteiger partial charge in [-0.1, -0.05) is 12.1 Å². The zero-order valence-corrected chi connectivity index (χ0v) is 20.5. The Morgan fingerprint density at radius 1 is 1.18 bits per heavy atom. The van der Waals surface area contributed by atoms with Gasteiger partial charge in [-0.05, 0) is 80.8 Å². The number of hydrogen-bond acceptors (Lipinski definition) is 7. The molecular weight excluding hydrogens is 460 g/mol. The Bertz CT molecular complexity index is 1080. The number of nitrogens with zero attached hydrogens (tertiary/aromatic N) is 1. The summed E-state index contributed by atoms with van der Waals surface area (Å²) in [4.78, 5) is 39.9. The number of imide groups is 1. The summed E-state index contributed by atoms with van der Waals surface area (Å²) in [6.45, 7) is 5.84. The normalized spacial score (nSPS) is 14.8. The first-order valence-electron chi connectivity index (χ1n) is 10.4. The molecule has 33 heavy (non-hydrogen) atoms. The Morgan fingerprint density at radius 2 is 1.97 bits per heavy atom. The van der Waals surface area contributed by atoms with Crippen LogP contribution < -0.4 is 14.8 Å². The van der Waals surface area contributed by atoms with Crippen LogP contribution in [0.15, 0.2) is 52.3 Å². The minimum Gasteiger partial charge on any atom is -0.490 e. The molecule has 9 heteroatoms. The van der Waals surface area contributed by atoms with E-state index in [0.29, 0.717) is 29.4 Å². The van der Waals surface area contributed by atoms with Gasteiger partial charge in [-0.2, -0.15) is 0 Å². The topological polar surface area (TPSA) is 84.9 Å². The summed E-state index contributed by atoms with van der Waals surface area (Å²) in [6, 6.07) is 12.7. The Hall–Kier alpha value is -2.91. The molecule has 1 aliphatic rings. The third-order valence-corrected chi connectivity index (χ3v) is 6.09. The molecule has 1 heterocycles. The fraction of sp³-hybridized carbons (Fsp3) is 0.292. The Balaban J connectivity index is 1.72. The molecule has 0 unspecified atom stereocenters. The number of hydrogen-bond donors (Lipinski definition) is 1. The highest BCUT2D eigenvalue weighted by atomic mass is 32.2. The highest BCUT2D eigenvalue weighted by Crippen LogP contribution is 2.35. The third-order valence-electron chi connectivity index (χ3n) is 4.46. The lowest BCUT2D eigenvalue weighted by Gasteiger charge is -2.15. The van der Waals surface area contributed by atoms with Crippen LogP contribution in [0.25, 0.3) is 6.08 Å². The minimum atomic E-state index is -0.501. The van der Waals surface area contributed by atoms with Crippen LogP contribution in [-0.4, -0.2) is 47.5 Å². The molecule has 1 aliphatic heterocycles. The van der Waals surface area contributed by atoms with E-state index >= 15 is 0 Å². The van der Waals surface area contributed by atoms with Gasteiger partial charge in [0.15, 0.2) is 11.5 Å². The summed E-state index contributed by atoms with van der Waals surface area (Å²) in [5.41, 5.74) is 1.31. The van der Waals surface area contributed by atoms with E-state index in [9.17, 15) is 14.4 Å². The molecule has 2 aromatic carbocycles. The average molecular weight is 487 g/mol. The van der Waals surface area contributed by atoms with E-state index in [-0.39, 0.29) is 17.6 Å². The summed E-state index contributed by atoms with van der Waals surface area (Å²) in [5.74, 6) is 0.231. The van der Waals surface area contributed by atoms with Crippen molar-refractivity contribution in [3.05, 3.63) is 52.9 Å². The predicted octanol–water partition coefficient (Wildman–Crippen LogP) is 5.27. The van der Waals surface area contributed by atoms with E-state index in [1.54, 1.807) is 42.1 Å². The summed E-state index contributed by atoms with van der Waals surface area (Å²) >= 11 is 2.36. The standard InChI is InChI=1S/C24H26N2O5S2/c1-5-30-20-11-16(9-10-19(20)31-15(2)3)12-21-23(28)26(24(29)33-21)14-22(27)25-17-7-6-8-18(13-17)32-4/h6-13,15H,5,14H2,1-4H3,(H,25,27)/b21-12+. The van der Waals surface area contributed by atoms with Gasteiger partial charge >= 0.3 is 0 Å².